The van der Waals surface area contributed by atoms with Gasteiger partial charge in [-0.15, -0.1) is 0 Å². The van der Waals surface area contributed by atoms with E-state index < -0.39 is 5.43 Å². The summed E-state index contributed by atoms with van der Waals surface area (Å²) in [5.74, 6) is 0.0912. The summed E-state index contributed by atoms with van der Waals surface area (Å²) in [6.07, 6.45) is 1.51. The Labute approximate surface area is 183 Å². The Morgan fingerprint density at radius 3 is 2.53 bits per heavy atom. The maximum atomic E-state index is 12.8. The number of hydrogen-bond acceptors (Lipinski definition) is 8. The van der Waals surface area contributed by atoms with Crippen molar-refractivity contribution < 1.29 is 23.8 Å². The van der Waals surface area contributed by atoms with Gasteiger partial charge in [-0.05, 0) is 36.4 Å². The van der Waals surface area contributed by atoms with E-state index in [0.717, 1.165) is 37.9 Å². The number of rotatable bonds is 5. The van der Waals surface area contributed by atoms with Gasteiger partial charge < -0.3 is 34.0 Å². The fraction of sp³-hybridized carbons (Fsp3) is 0.208. The summed E-state index contributed by atoms with van der Waals surface area (Å²) in [5.41, 5.74) is 1.33. The lowest BCUT2D eigenvalue weighted by molar-refractivity contribution is 0.258. The molecule has 8 nitrogen and oxygen atoms in total. The first kappa shape index (κ1) is 20.0. The molecule has 1 aliphatic rings. The quantitative estimate of drug-likeness (QED) is 0.438. The molecule has 8 heteroatoms. The van der Waals surface area contributed by atoms with Crippen LogP contribution >= 0.6 is 0 Å². The van der Waals surface area contributed by atoms with Crippen molar-refractivity contribution in [2.75, 3.05) is 31.1 Å². The average molecular weight is 434 g/mol. The Bertz CT molecular complexity index is 1290. The number of furan rings is 1. The van der Waals surface area contributed by atoms with Gasteiger partial charge in [0.1, 0.15) is 29.3 Å². The number of aromatic hydroxyl groups is 2. The summed E-state index contributed by atoms with van der Waals surface area (Å²) in [7, 11) is 0. The minimum atomic E-state index is -0.437. The molecule has 3 heterocycles. The van der Waals surface area contributed by atoms with Crippen molar-refractivity contribution in [2.45, 2.75) is 6.61 Å². The van der Waals surface area contributed by atoms with Crippen molar-refractivity contribution in [2.24, 2.45) is 0 Å². The summed E-state index contributed by atoms with van der Waals surface area (Å²) < 4.78 is 16.9. The number of phenols is 2. The molecule has 0 bridgehead atoms. The number of phenolic OH excluding ortho intramolecular Hbond substituents is 2. The van der Waals surface area contributed by atoms with Crippen LogP contribution in [0.2, 0.25) is 0 Å². The first-order valence-electron chi connectivity index (χ1n) is 10.3. The lowest BCUT2D eigenvalue weighted by Crippen LogP contribution is -2.43. The van der Waals surface area contributed by atoms with Crippen LogP contribution < -0.4 is 20.4 Å². The number of anilines is 1. The zero-order valence-corrected chi connectivity index (χ0v) is 17.2. The van der Waals surface area contributed by atoms with E-state index in [1.54, 1.807) is 12.1 Å². The van der Waals surface area contributed by atoms with E-state index in [-0.39, 0.29) is 34.8 Å². The second kappa shape index (κ2) is 8.32. The summed E-state index contributed by atoms with van der Waals surface area (Å²) in [6.45, 7) is 3.76. The molecule has 2 aromatic heterocycles. The molecular weight excluding hydrogens is 412 g/mol. The van der Waals surface area contributed by atoms with E-state index in [1.165, 1.54) is 12.3 Å². The van der Waals surface area contributed by atoms with E-state index in [0.29, 0.717) is 17.1 Å². The molecule has 5 rings (SSSR count). The molecule has 0 saturated carbocycles. The molecule has 1 saturated heterocycles. The molecule has 0 radical (unpaired) electrons. The number of ether oxygens (including phenoxy) is 1. The zero-order valence-electron chi connectivity index (χ0n) is 17.2. The number of piperazine rings is 1. The van der Waals surface area contributed by atoms with E-state index in [4.69, 9.17) is 13.6 Å². The second-order valence-electron chi connectivity index (χ2n) is 7.57. The molecular formula is C24H22N2O6. The van der Waals surface area contributed by atoms with Crippen molar-refractivity contribution in [3.8, 4) is 28.6 Å². The lowest BCUT2D eigenvalue weighted by Gasteiger charge is -2.29. The number of benzene rings is 2. The highest BCUT2D eigenvalue weighted by atomic mass is 16.5. The number of nitrogens with zero attached hydrogens (tertiary/aromatic N) is 1. The van der Waals surface area contributed by atoms with Crippen LogP contribution in [0, 0.1) is 0 Å². The molecule has 4 aromatic rings. The van der Waals surface area contributed by atoms with E-state index in [2.05, 4.69) is 10.2 Å². The summed E-state index contributed by atoms with van der Waals surface area (Å²) in [4.78, 5) is 15.1. The molecule has 0 aliphatic carbocycles. The average Bonchev–Trinajstić information content (AvgIpc) is 3.33. The molecule has 3 N–H and O–H groups in total. The maximum Gasteiger partial charge on any atom is 0.205 e. The minimum absolute atomic E-state index is 0.0216. The SMILES string of the molecule is O=c1cc(-c2ccc(N3CCNCC3)cc2)oc2c(OCc3ccco3)c(O)cc(O)c12. The maximum absolute atomic E-state index is 12.8. The molecule has 164 valence electrons. The Morgan fingerprint density at radius 2 is 1.81 bits per heavy atom. The van der Waals surface area contributed by atoms with Crippen molar-refractivity contribution >= 4 is 16.7 Å². The monoisotopic (exact) mass is 434 g/mol. The van der Waals surface area contributed by atoms with Crippen LogP contribution in [0.5, 0.6) is 17.2 Å². The van der Waals surface area contributed by atoms with Gasteiger partial charge in [-0.2, -0.15) is 0 Å². The van der Waals surface area contributed by atoms with E-state index >= 15 is 0 Å². The third-order valence-corrected chi connectivity index (χ3v) is 5.49. The molecule has 1 fully saturated rings. The van der Waals surface area contributed by atoms with E-state index in [9.17, 15) is 15.0 Å². The fourth-order valence-electron chi connectivity index (χ4n) is 3.86. The fourth-order valence-corrected chi connectivity index (χ4v) is 3.86. The highest BCUT2D eigenvalue weighted by molar-refractivity contribution is 5.91. The molecule has 32 heavy (non-hydrogen) atoms. The molecule has 0 spiro atoms. The second-order valence-corrected chi connectivity index (χ2v) is 7.57. The predicted octanol–water partition coefficient (Wildman–Crippen LogP) is 3.45. The summed E-state index contributed by atoms with van der Waals surface area (Å²) in [5, 5.41) is 23.9. The van der Waals surface area contributed by atoms with Gasteiger partial charge in [0, 0.05) is 49.6 Å². The predicted molar refractivity (Wildman–Crippen MR) is 119 cm³/mol. The van der Waals surface area contributed by atoms with Crippen molar-refractivity contribution in [3.63, 3.8) is 0 Å². The number of fused-ring (bicyclic) bond motifs is 1. The molecule has 1 aliphatic heterocycles. The highest BCUT2D eigenvalue weighted by Gasteiger charge is 2.20. The molecule has 0 amide bonds. The van der Waals surface area contributed by atoms with Crippen LogP contribution in [-0.4, -0.2) is 36.4 Å². The molecule has 2 aromatic carbocycles. The first-order chi connectivity index (χ1) is 15.6. The molecule has 0 atom stereocenters. The lowest BCUT2D eigenvalue weighted by atomic mass is 10.1. The van der Waals surface area contributed by atoms with Crippen LogP contribution in [-0.2, 0) is 6.61 Å². The first-order valence-corrected chi connectivity index (χ1v) is 10.3. The highest BCUT2D eigenvalue weighted by Crippen LogP contribution is 2.41. The standard InChI is InChI=1S/C24H22N2O6/c27-18-12-20(29)23(31-14-17-2-1-11-30-17)24-22(18)19(28)13-21(32-24)15-3-5-16(6-4-15)26-9-7-25-8-10-26/h1-6,11-13,25,27,29H,7-10,14H2. The molecule has 0 unspecified atom stereocenters. The Kier molecular flexibility index (Phi) is 5.20. The minimum Gasteiger partial charge on any atom is -0.507 e. The number of nitrogens with one attached hydrogen (secondary N) is 1. The van der Waals surface area contributed by atoms with Crippen LogP contribution in [0.3, 0.4) is 0 Å². The third kappa shape index (κ3) is 3.76. The largest absolute Gasteiger partial charge is 0.507 e. The van der Waals surface area contributed by atoms with Gasteiger partial charge in [0.15, 0.2) is 16.8 Å². The van der Waals surface area contributed by atoms with Gasteiger partial charge in [0.2, 0.25) is 5.75 Å². The summed E-state index contributed by atoms with van der Waals surface area (Å²) >= 11 is 0. The van der Waals surface area contributed by atoms with Gasteiger partial charge in [-0.1, -0.05) is 0 Å². The Balaban J connectivity index is 1.54. The van der Waals surface area contributed by atoms with Crippen LogP contribution in [0.1, 0.15) is 5.76 Å². The topological polar surface area (TPSA) is 108 Å². The van der Waals surface area contributed by atoms with Gasteiger partial charge in [0.05, 0.1) is 6.26 Å². The van der Waals surface area contributed by atoms with Gasteiger partial charge in [-0.25, -0.2) is 0 Å². The zero-order chi connectivity index (χ0) is 22.1. The Morgan fingerprint density at radius 1 is 1.03 bits per heavy atom. The summed E-state index contributed by atoms with van der Waals surface area (Å²) in [6, 6.07) is 13.6. The van der Waals surface area contributed by atoms with Crippen LogP contribution in [0.15, 0.2) is 68.4 Å². The number of hydrogen-bond donors (Lipinski definition) is 3. The van der Waals surface area contributed by atoms with Crippen molar-refractivity contribution in [1.82, 2.24) is 5.32 Å². The van der Waals surface area contributed by atoms with Crippen molar-refractivity contribution in [3.05, 3.63) is 70.8 Å². The van der Waals surface area contributed by atoms with E-state index in [1.807, 2.05) is 24.3 Å². The smallest absolute Gasteiger partial charge is 0.205 e. The Hall–Kier alpha value is -3.91. The van der Waals surface area contributed by atoms with Crippen molar-refractivity contribution in [1.29, 1.82) is 0 Å². The normalized spacial score (nSPS) is 14.1. The van der Waals surface area contributed by atoms with Gasteiger partial charge in [0.25, 0.3) is 0 Å². The van der Waals surface area contributed by atoms with Gasteiger partial charge in [-0.3, -0.25) is 4.79 Å². The third-order valence-electron chi connectivity index (χ3n) is 5.49. The van der Waals surface area contributed by atoms with Gasteiger partial charge >= 0.3 is 0 Å². The van der Waals surface area contributed by atoms with Crippen LogP contribution in [0.4, 0.5) is 5.69 Å². The van der Waals surface area contributed by atoms with Crippen LogP contribution in [0.25, 0.3) is 22.3 Å².